The molecule has 1 aliphatic heterocycles. The highest BCUT2D eigenvalue weighted by atomic mass is 79.9. The fraction of sp³-hybridized carbons (Fsp3) is 0.289. The topological polar surface area (TPSA) is 75.7 Å². The molecule has 4 aromatic carbocycles. The number of hydrogen-bond donors (Lipinski definition) is 1. The van der Waals surface area contributed by atoms with Gasteiger partial charge in [-0.05, 0) is 126 Å². The third-order valence-corrected chi connectivity index (χ3v) is 10.9. The summed E-state index contributed by atoms with van der Waals surface area (Å²) >= 11 is 3.50. The number of benzene rings is 4. The number of nitrogens with zero attached hydrogens (tertiary/aromatic N) is 1. The van der Waals surface area contributed by atoms with E-state index in [-0.39, 0.29) is 11.0 Å². The molecule has 7 heteroatoms. The van der Waals surface area contributed by atoms with Crippen molar-refractivity contribution in [3.8, 4) is 5.75 Å². The molecule has 1 N–H and O–H groups in total. The van der Waals surface area contributed by atoms with Crippen molar-refractivity contribution in [1.82, 2.24) is 5.32 Å². The number of halogens is 1. The Morgan fingerprint density at radius 1 is 0.822 bits per heavy atom. The van der Waals surface area contributed by atoms with Gasteiger partial charge in [-0.25, -0.2) is 9.69 Å². The molecular formula is C38H33BrN2O4. The van der Waals surface area contributed by atoms with Crippen LogP contribution in [0.2, 0.25) is 0 Å². The number of amides is 4. The van der Waals surface area contributed by atoms with Gasteiger partial charge in [0.05, 0.1) is 5.69 Å². The minimum atomic E-state index is -0.744. The van der Waals surface area contributed by atoms with Gasteiger partial charge in [-0.15, -0.1) is 0 Å². The summed E-state index contributed by atoms with van der Waals surface area (Å²) in [5.74, 6) is 1.59. The third kappa shape index (κ3) is 5.17. The molecule has 226 valence electrons. The first-order chi connectivity index (χ1) is 21.8. The molecule has 0 aromatic heterocycles. The van der Waals surface area contributed by atoms with E-state index in [9.17, 15) is 14.4 Å². The van der Waals surface area contributed by atoms with Crippen LogP contribution in [0.25, 0.3) is 16.8 Å². The van der Waals surface area contributed by atoms with Gasteiger partial charge in [-0.2, -0.15) is 0 Å². The van der Waals surface area contributed by atoms with E-state index < -0.39 is 17.8 Å². The second kappa shape index (κ2) is 11.0. The molecule has 5 fully saturated rings. The largest absolute Gasteiger partial charge is 0.488 e. The number of barbiturate groups is 1. The minimum absolute atomic E-state index is 0.131. The Morgan fingerprint density at radius 3 is 2.22 bits per heavy atom. The van der Waals surface area contributed by atoms with Crippen molar-refractivity contribution in [3.05, 3.63) is 112 Å². The molecular weight excluding hydrogens is 628 g/mol. The number of fused-ring (bicyclic) bond motifs is 1. The van der Waals surface area contributed by atoms with Gasteiger partial charge in [0.2, 0.25) is 0 Å². The number of rotatable bonds is 6. The van der Waals surface area contributed by atoms with Gasteiger partial charge in [-0.3, -0.25) is 14.9 Å². The number of anilines is 1. The molecule has 1 heterocycles. The van der Waals surface area contributed by atoms with Gasteiger partial charge >= 0.3 is 6.03 Å². The van der Waals surface area contributed by atoms with Crippen LogP contribution in [0.5, 0.6) is 5.75 Å². The van der Waals surface area contributed by atoms with E-state index in [2.05, 4.69) is 57.6 Å². The van der Waals surface area contributed by atoms with E-state index in [0.717, 1.165) is 43.5 Å². The summed E-state index contributed by atoms with van der Waals surface area (Å²) in [5, 5.41) is 4.64. The van der Waals surface area contributed by atoms with Crippen molar-refractivity contribution in [2.75, 3.05) is 4.90 Å². The van der Waals surface area contributed by atoms with Crippen molar-refractivity contribution in [1.29, 1.82) is 0 Å². The molecule has 1 saturated heterocycles. The first-order valence-electron chi connectivity index (χ1n) is 15.8. The normalized spacial score (nSPS) is 26.5. The summed E-state index contributed by atoms with van der Waals surface area (Å²) in [7, 11) is 0. The zero-order valence-electron chi connectivity index (χ0n) is 24.8. The molecule has 4 aromatic rings. The Labute approximate surface area is 270 Å². The summed E-state index contributed by atoms with van der Waals surface area (Å²) in [6.45, 7) is 0.309. The number of carbonyl (C=O) groups excluding carboxylic acids is 3. The van der Waals surface area contributed by atoms with Gasteiger partial charge in [-0.1, -0.05) is 64.5 Å². The Hall–Kier alpha value is -4.23. The van der Waals surface area contributed by atoms with Gasteiger partial charge < -0.3 is 4.74 Å². The molecule has 5 aliphatic rings. The molecule has 4 bridgehead atoms. The van der Waals surface area contributed by atoms with Crippen LogP contribution in [-0.2, 0) is 21.6 Å². The second-order valence-electron chi connectivity index (χ2n) is 13.4. The standard InChI is InChI=1S/C38H33BrN2O4/c39-31-9-12-34(45-22-23-5-6-27-3-1-2-4-28(27)16-23)29(17-31)18-33-35(42)40-37(44)41(36(33)43)32-10-7-30(8-11-32)38-19-24-13-25(20-38)15-26(14-24)21-38/h1-12,16-18,24-26H,13-15,19-22H2,(H,40,42,44)/b33-18+. The summed E-state index contributed by atoms with van der Waals surface area (Å²) in [4.78, 5) is 40.9. The zero-order chi connectivity index (χ0) is 30.7. The Bertz CT molecular complexity index is 1860. The van der Waals surface area contributed by atoms with Crippen molar-refractivity contribution in [3.63, 3.8) is 0 Å². The number of nitrogens with one attached hydrogen (secondary N) is 1. The second-order valence-corrected chi connectivity index (χ2v) is 14.3. The van der Waals surface area contributed by atoms with Crippen LogP contribution in [-0.4, -0.2) is 17.8 Å². The maximum Gasteiger partial charge on any atom is 0.335 e. The van der Waals surface area contributed by atoms with Crippen LogP contribution in [0.3, 0.4) is 0 Å². The summed E-state index contributed by atoms with van der Waals surface area (Å²) in [5.41, 5.74) is 3.39. The molecule has 6 nitrogen and oxygen atoms in total. The van der Waals surface area contributed by atoms with Crippen LogP contribution >= 0.6 is 15.9 Å². The molecule has 0 atom stereocenters. The fourth-order valence-corrected chi connectivity index (χ4v) is 9.11. The molecule has 45 heavy (non-hydrogen) atoms. The smallest absolute Gasteiger partial charge is 0.335 e. The predicted octanol–water partition coefficient (Wildman–Crippen LogP) is 8.32. The maximum absolute atomic E-state index is 13.8. The SMILES string of the molecule is O=C1NC(=O)N(c2ccc(C34CC5CC(CC(C5)C3)C4)cc2)C(=O)/C1=C/c1cc(Br)ccc1OCc1ccc2ccccc2c1. The monoisotopic (exact) mass is 660 g/mol. The number of imide groups is 2. The van der Waals surface area contributed by atoms with Crippen molar-refractivity contribution in [2.45, 2.75) is 50.5 Å². The number of carbonyl (C=O) groups is 3. The predicted molar refractivity (Wildman–Crippen MR) is 178 cm³/mol. The van der Waals surface area contributed by atoms with Crippen molar-refractivity contribution >= 4 is 56.3 Å². The van der Waals surface area contributed by atoms with Crippen LogP contribution < -0.4 is 15.0 Å². The quantitative estimate of drug-likeness (QED) is 0.167. The zero-order valence-corrected chi connectivity index (χ0v) is 26.4. The van der Waals surface area contributed by atoms with Crippen LogP contribution in [0.15, 0.2) is 95.0 Å². The minimum Gasteiger partial charge on any atom is -0.488 e. The van der Waals surface area contributed by atoms with Gasteiger partial charge in [0.1, 0.15) is 17.9 Å². The fourth-order valence-electron chi connectivity index (χ4n) is 8.73. The van der Waals surface area contributed by atoms with Gasteiger partial charge in [0, 0.05) is 10.0 Å². The van der Waals surface area contributed by atoms with E-state index in [0.29, 0.717) is 23.6 Å². The van der Waals surface area contributed by atoms with Crippen LogP contribution in [0, 0.1) is 17.8 Å². The van der Waals surface area contributed by atoms with Crippen LogP contribution in [0.4, 0.5) is 10.5 Å². The molecule has 9 rings (SSSR count). The lowest BCUT2D eigenvalue weighted by Gasteiger charge is -2.57. The van der Waals surface area contributed by atoms with E-state index in [4.69, 9.17) is 4.74 Å². The number of ether oxygens (including phenoxy) is 1. The van der Waals surface area contributed by atoms with E-state index >= 15 is 0 Å². The maximum atomic E-state index is 13.8. The highest BCUT2D eigenvalue weighted by Crippen LogP contribution is 2.60. The Balaban J connectivity index is 1.05. The highest BCUT2D eigenvalue weighted by Gasteiger charge is 2.51. The number of hydrogen-bond acceptors (Lipinski definition) is 4. The molecule has 4 amide bonds. The molecule has 4 aliphatic carbocycles. The first kappa shape index (κ1) is 28.3. The van der Waals surface area contributed by atoms with Crippen LogP contribution in [0.1, 0.15) is 55.2 Å². The average Bonchev–Trinajstić information content (AvgIpc) is 3.02. The molecule has 0 radical (unpaired) electrons. The van der Waals surface area contributed by atoms with Crippen molar-refractivity contribution < 1.29 is 19.1 Å². The van der Waals surface area contributed by atoms with E-state index in [1.165, 1.54) is 50.2 Å². The first-order valence-corrected chi connectivity index (χ1v) is 16.5. The van der Waals surface area contributed by atoms with Crippen molar-refractivity contribution in [2.24, 2.45) is 17.8 Å². The summed E-state index contributed by atoms with van der Waals surface area (Å²) < 4.78 is 6.96. The molecule has 4 saturated carbocycles. The van der Waals surface area contributed by atoms with Gasteiger partial charge in [0.15, 0.2) is 0 Å². The molecule has 0 unspecified atom stereocenters. The average molecular weight is 662 g/mol. The lowest BCUT2D eigenvalue weighted by Crippen LogP contribution is -2.54. The highest BCUT2D eigenvalue weighted by molar-refractivity contribution is 9.10. The third-order valence-electron chi connectivity index (χ3n) is 10.4. The number of urea groups is 1. The summed E-state index contributed by atoms with van der Waals surface area (Å²) in [6, 6.07) is 26.9. The van der Waals surface area contributed by atoms with E-state index in [1.807, 2.05) is 36.4 Å². The van der Waals surface area contributed by atoms with E-state index in [1.54, 1.807) is 12.1 Å². The lowest BCUT2D eigenvalue weighted by atomic mass is 9.48. The van der Waals surface area contributed by atoms with Gasteiger partial charge in [0.25, 0.3) is 11.8 Å². The Morgan fingerprint density at radius 2 is 1.51 bits per heavy atom. The lowest BCUT2D eigenvalue weighted by molar-refractivity contribution is -0.122. The molecule has 0 spiro atoms. The summed E-state index contributed by atoms with van der Waals surface area (Å²) in [6.07, 6.45) is 9.33. The Kier molecular flexibility index (Phi) is 6.90.